The van der Waals surface area contributed by atoms with Crippen molar-refractivity contribution in [1.82, 2.24) is 25.1 Å². The van der Waals surface area contributed by atoms with E-state index in [0.29, 0.717) is 18.1 Å². The van der Waals surface area contributed by atoms with E-state index in [1.807, 2.05) is 10.8 Å². The maximum Gasteiger partial charge on any atom is 0.271 e. The van der Waals surface area contributed by atoms with Gasteiger partial charge in [0.25, 0.3) is 5.91 Å². The van der Waals surface area contributed by atoms with Crippen LogP contribution < -0.4 is 10.6 Å². The Morgan fingerprint density at radius 1 is 1.29 bits per heavy atom. The average molecular weight is 288 g/mol. The monoisotopic (exact) mass is 288 g/mol. The van der Waals surface area contributed by atoms with Gasteiger partial charge >= 0.3 is 0 Å². The molecule has 7 nitrogen and oxygen atoms in total. The maximum absolute atomic E-state index is 11.9. The third-order valence-electron chi connectivity index (χ3n) is 2.89. The molecule has 2 rings (SSSR count). The van der Waals surface area contributed by atoms with Crippen molar-refractivity contribution in [3.8, 4) is 0 Å². The third kappa shape index (κ3) is 4.87. The van der Waals surface area contributed by atoms with Crippen LogP contribution in [0, 0.1) is 0 Å². The zero-order valence-corrected chi connectivity index (χ0v) is 12.1. The van der Waals surface area contributed by atoms with Crippen molar-refractivity contribution < 1.29 is 4.79 Å². The largest absolute Gasteiger partial charge is 0.369 e. The number of amides is 1. The van der Waals surface area contributed by atoms with Gasteiger partial charge in [0.15, 0.2) is 5.69 Å². The zero-order valence-electron chi connectivity index (χ0n) is 12.1. The molecule has 2 aromatic heterocycles. The van der Waals surface area contributed by atoms with E-state index in [2.05, 4.69) is 32.7 Å². The summed E-state index contributed by atoms with van der Waals surface area (Å²) >= 11 is 0. The number of aryl methyl sites for hydroxylation is 1. The average Bonchev–Trinajstić information content (AvgIpc) is 3.03. The van der Waals surface area contributed by atoms with Crippen molar-refractivity contribution in [1.29, 1.82) is 0 Å². The van der Waals surface area contributed by atoms with Crippen molar-refractivity contribution >= 4 is 11.7 Å². The highest BCUT2D eigenvalue weighted by atomic mass is 16.1. The van der Waals surface area contributed by atoms with Crippen LogP contribution in [0.4, 0.5) is 5.82 Å². The van der Waals surface area contributed by atoms with Crippen LogP contribution in [0.5, 0.6) is 0 Å². The number of hydrogen-bond donors (Lipinski definition) is 2. The van der Waals surface area contributed by atoms with Crippen molar-refractivity contribution in [3.63, 3.8) is 0 Å². The van der Waals surface area contributed by atoms with E-state index in [-0.39, 0.29) is 5.91 Å². The molecule has 0 fully saturated rings. The number of nitrogens with zero attached hydrogens (tertiary/aromatic N) is 4. The van der Waals surface area contributed by atoms with Crippen LogP contribution in [-0.4, -0.2) is 38.7 Å². The number of anilines is 1. The first-order valence-corrected chi connectivity index (χ1v) is 7.11. The number of hydrogen-bond acceptors (Lipinski definition) is 5. The summed E-state index contributed by atoms with van der Waals surface area (Å²) in [6, 6.07) is 3.44. The molecule has 1 amide bonds. The van der Waals surface area contributed by atoms with Gasteiger partial charge < -0.3 is 15.2 Å². The molecule has 2 N–H and O–H groups in total. The summed E-state index contributed by atoms with van der Waals surface area (Å²) in [4.78, 5) is 15.8. The molecule has 0 bridgehead atoms. The molecule has 0 unspecified atom stereocenters. The molecular formula is C14H20N6O. The second-order valence-electron chi connectivity index (χ2n) is 4.64. The van der Waals surface area contributed by atoms with Gasteiger partial charge in [0, 0.05) is 32.0 Å². The van der Waals surface area contributed by atoms with E-state index in [0.717, 1.165) is 25.9 Å². The first-order chi connectivity index (χ1) is 10.3. The second-order valence-corrected chi connectivity index (χ2v) is 4.64. The standard InChI is InChI=1S/C14H20N6O/c1-2-6-16-13-5-4-12(18-19-13)14(21)17-7-3-9-20-10-8-15-11-20/h4-5,8,10-11H,2-3,6-7,9H2,1H3,(H,16,19)(H,17,21). The van der Waals surface area contributed by atoms with E-state index in [9.17, 15) is 4.79 Å². The van der Waals surface area contributed by atoms with Gasteiger partial charge in [0.1, 0.15) is 5.82 Å². The minimum absolute atomic E-state index is 0.199. The van der Waals surface area contributed by atoms with Gasteiger partial charge in [0.2, 0.25) is 0 Å². The van der Waals surface area contributed by atoms with Crippen molar-refractivity contribution in [3.05, 3.63) is 36.5 Å². The molecule has 0 saturated heterocycles. The minimum Gasteiger partial charge on any atom is -0.369 e. The smallest absolute Gasteiger partial charge is 0.271 e. The normalized spacial score (nSPS) is 10.3. The number of carbonyl (C=O) groups is 1. The van der Waals surface area contributed by atoms with Crippen molar-refractivity contribution in [2.45, 2.75) is 26.3 Å². The molecule has 2 heterocycles. The van der Waals surface area contributed by atoms with E-state index in [1.165, 1.54) is 0 Å². The topological polar surface area (TPSA) is 84.7 Å². The van der Waals surface area contributed by atoms with Crippen LogP contribution in [-0.2, 0) is 6.54 Å². The first kappa shape index (κ1) is 15.0. The predicted molar refractivity (Wildman–Crippen MR) is 80.0 cm³/mol. The summed E-state index contributed by atoms with van der Waals surface area (Å²) in [5.41, 5.74) is 0.333. The van der Waals surface area contributed by atoms with Crippen LogP contribution in [0.3, 0.4) is 0 Å². The quantitative estimate of drug-likeness (QED) is 0.716. The molecule has 0 spiro atoms. The predicted octanol–water partition coefficient (Wildman–Crippen LogP) is 1.32. The lowest BCUT2D eigenvalue weighted by Crippen LogP contribution is -2.26. The summed E-state index contributed by atoms with van der Waals surface area (Å²) in [6.07, 6.45) is 7.25. The van der Waals surface area contributed by atoms with Crippen molar-refractivity contribution in [2.24, 2.45) is 0 Å². The molecule has 2 aromatic rings. The lowest BCUT2D eigenvalue weighted by atomic mass is 10.3. The van der Waals surface area contributed by atoms with Gasteiger partial charge in [-0.2, -0.15) is 0 Å². The molecule has 0 aromatic carbocycles. The van der Waals surface area contributed by atoms with E-state index >= 15 is 0 Å². The van der Waals surface area contributed by atoms with Gasteiger partial charge in [-0.1, -0.05) is 6.92 Å². The third-order valence-corrected chi connectivity index (χ3v) is 2.89. The zero-order chi connectivity index (χ0) is 14.9. The number of carbonyl (C=O) groups excluding carboxylic acids is 1. The van der Waals surface area contributed by atoms with Crippen LogP contribution in [0.15, 0.2) is 30.9 Å². The van der Waals surface area contributed by atoms with E-state index < -0.39 is 0 Å². The molecule has 0 atom stereocenters. The fraction of sp³-hybridized carbons (Fsp3) is 0.429. The Morgan fingerprint density at radius 3 is 2.86 bits per heavy atom. The van der Waals surface area contributed by atoms with E-state index in [1.54, 1.807) is 24.7 Å². The molecule has 0 saturated carbocycles. The van der Waals surface area contributed by atoms with Gasteiger partial charge in [-0.15, -0.1) is 10.2 Å². The summed E-state index contributed by atoms with van der Waals surface area (Å²) < 4.78 is 1.97. The molecule has 0 aliphatic rings. The molecule has 0 radical (unpaired) electrons. The fourth-order valence-electron chi connectivity index (χ4n) is 1.77. The molecule has 21 heavy (non-hydrogen) atoms. The molecule has 7 heteroatoms. The SMILES string of the molecule is CCCNc1ccc(C(=O)NCCCn2ccnc2)nn1. The highest BCUT2D eigenvalue weighted by molar-refractivity contribution is 5.92. The summed E-state index contributed by atoms with van der Waals surface area (Å²) in [7, 11) is 0. The Hall–Kier alpha value is -2.44. The second kappa shape index (κ2) is 7.98. The summed E-state index contributed by atoms with van der Waals surface area (Å²) in [6.45, 7) is 4.33. The number of rotatable bonds is 8. The number of nitrogens with one attached hydrogen (secondary N) is 2. The Balaban J connectivity index is 1.72. The lowest BCUT2D eigenvalue weighted by Gasteiger charge is -2.06. The fourth-order valence-corrected chi connectivity index (χ4v) is 1.77. The molecule has 0 aliphatic heterocycles. The highest BCUT2D eigenvalue weighted by Crippen LogP contribution is 2.02. The van der Waals surface area contributed by atoms with E-state index in [4.69, 9.17) is 0 Å². The first-order valence-electron chi connectivity index (χ1n) is 7.11. The van der Waals surface area contributed by atoms with Gasteiger partial charge in [0.05, 0.1) is 6.33 Å². The van der Waals surface area contributed by atoms with Crippen LogP contribution in [0.25, 0.3) is 0 Å². The minimum atomic E-state index is -0.199. The van der Waals surface area contributed by atoms with Crippen LogP contribution >= 0.6 is 0 Å². The molecular weight excluding hydrogens is 268 g/mol. The van der Waals surface area contributed by atoms with Crippen LogP contribution in [0.1, 0.15) is 30.3 Å². The Kier molecular flexibility index (Phi) is 5.69. The Morgan fingerprint density at radius 2 is 2.19 bits per heavy atom. The molecule has 112 valence electrons. The van der Waals surface area contributed by atoms with Gasteiger partial charge in [-0.25, -0.2) is 4.98 Å². The number of imidazole rings is 1. The lowest BCUT2D eigenvalue weighted by molar-refractivity contribution is 0.0947. The van der Waals surface area contributed by atoms with Crippen molar-refractivity contribution in [2.75, 3.05) is 18.4 Å². The van der Waals surface area contributed by atoms with Gasteiger partial charge in [-0.3, -0.25) is 4.79 Å². The Bertz CT molecular complexity index is 537. The maximum atomic E-state index is 11.9. The number of aromatic nitrogens is 4. The van der Waals surface area contributed by atoms with Gasteiger partial charge in [-0.05, 0) is 25.0 Å². The molecule has 0 aliphatic carbocycles. The Labute approximate surface area is 123 Å². The van der Waals surface area contributed by atoms with Crippen LogP contribution in [0.2, 0.25) is 0 Å². The summed E-state index contributed by atoms with van der Waals surface area (Å²) in [5.74, 6) is 0.490. The highest BCUT2D eigenvalue weighted by Gasteiger charge is 2.07. The summed E-state index contributed by atoms with van der Waals surface area (Å²) in [5, 5.41) is 13.8.